The highest BCUT2D eigenvalue weighted by molar-refractivity contribution is 6.32. The molecule has 0 radical (unpaired) electrons. The van der Waals surface area contributed by atoms with E-state index in [1.807, 2.05) is 12.1 Å². The Labute approximate surface area is 106 Å². The number of piperazine rings is 1. The summed E-state index contributed by atoms with van der Waals surface area (Å²) in [6.07, 6.45) is 0. The third-order valence-electron chi connectivity index (χ3n) is 2.82. The molecule has 0 aliphatic carbocycles. The summed E-state index contributed by atoms with van der Waals surface area (Å²) in [5.74, 6) is 0. The van der Waals surface area contributed by atoms with Crippen LogP contribution in [0.25, 0.3) is 0 Å². The zero-order valence-electron chi connectivity index (χ0n) is 9.29. The van der Waals surface area contributed by atoms with Crippen molar-refractivity contribution < 1.29 is 0 Å². The third kappa shape index (κ3) is 3.32. The van der Waals surface area contributed by atoms with Gasteiger partial charge < -0.3 is 4.90 Å². The van der Waals surface area contributed by atoms with Crippen LogP contribution in [-0.4, -0.2) is 48.0 Å². The molecule has 1 saturated heterocycles. The molecule has 0 saturated carbocycles. The van der Waals surface area contributed by atoms with E-state index in [-0.39, 0.29) is 0 Å². The van der Waals surface area contributed by atoms with Gasteiger partial charge in [0.25, 0.3) is 0 Å². The zero-order valence-corrected chi connectivity index (χ0v) is 10.8. The highest BCUT2D eigenvalue weighted by Gasteiger charge is 2.14. The lowest BCUT2D eigenvalue weighted by molar-refractivity contribution is 0.148. The fourth-order valence-electron chi connectivity index (χ4n) is 1.87. The van der Waals surface area contributed by atoms with E-state index in [0.29, 0.717) is 10.3 Å². The normalized spacial score (nSPS) is 18.9. The summed E-state index contributed by atoms with van der Waals surface area (Å²) in [5, 5.41) is 0.938. The van der Waals surface area contributed by atoms with Gasteiger partial charge in [0, 0.05) is 32.7 Å². The lowest BCUT2D eigenvalue weighted by atomic mass is 10.2. The summed E-state index contributed by atoms with van der Waals surface area (Å²) in [6, 6.07) is 3.76. The molecule has 1 aromatic rings. The molecule has 5 heteroatoms. The average molecular weight is 260 g/mol. The van der Waals surface area contributed by atoms with Crippen molar-refractivity contribution in [3.8, 4) is 0 Å². The quantitative estimate of drug-likeness (QED) is 0.759. The third-order valence-corrected chi connectivity index (χ3v) is 3.21. The molecule has 2 rings (SSSR count). The van der Waals surface area contributed by atoms with Crippen LogP contribution >= 0.6 is 23.2 Å². The lowest BCUT2D eigenvalue weighted by Gasteiger charge is -2.32. The van der Waals surface area contributed by atoms with Crippen molar-refractivity contribution in [1.82, 2.24) is 14.8 Å². The molecule has 16 heavy (non-hydrogen) atoms. The van der Waals surface area contributed by atoms with Gasteiger partial charge in [-0.2, -0.15) is 0 Å². The minimum absolute atomic E-state index is 0.469. The molecule has 0 spiro atoms. The highest BCUT2D eigenvalue weighted by Crippen LogP contribution is 2.16. The number of nitrogens with zero attached hydrogens (tertiary/aromatic N) is 3. The number of halogens is 2. The van der Waals surface area contributed by atoms with E-state index in [2.05, 4.69) is 21.8 Å². The SMILES string of the molecule is CN1CCN(Cc2cc(Cl)nc(Cl)c2)CC1. The van der Waals surface area contributed by atoms with Crippen LogP contribution in [0.15, 0.2) is 12.1 Å². The van der Waals surface area contributed by atoms with Gasteiger partial charge in [0.15, 0.2) is 0 Å². The van der Waals surface area contributed by atoms with Crippen molar-refractivity contribution in [1.29, 1.82) is 0 Å². The van der Waals surface area contributed by atoms with Crippen LogP contribution in [0.1, 0.15) is 5.56 Å². The van der Waals surface area contributed by atoms with E-state index < -0.39 is 0 Å². The Kier molecular flexibility index (Phi) is 4.03. The Morgan fingerprint density at radius 3 is 2.25 bits per heavy atom. The van der Waals surface area contributed by atoms with Gasteiger partial charge in [-0.25, -0.2) is 4.98 Å². The minimum atomic E-state index is 0.469. The van der Waals surface area contributed by atoms with Crippen molar-refractivity contribution in [3.63, 3.8) is 0 Å². The van der Waals surface area contributed by atoms with Crippen molar-refractivity contribution >= 4 is 23.2 Å². The summed E-state index contributed by atoms with van der Waals surface area (Å²) in [4.78, 5) is 8.68. The topological polar surface area (TPSA) is 19.4 Å². The molecule has 1 aliphatic rings. The number of aromatic nitrogens is 1. The first-order chi connectivity index (χ1) is 7.63. The molecule has 88 valence electrons. The second kappa shape index (κ2) is 5.32. The van der Waals surface area contributed by atoms with Crippen molar-refractivity contribution in [2.45, 2.75) is 6.54 Å². The Hall–Kier alpha value is -0.350. The first kappa shape index (κ1) is 12.1. The molecule has 0 bridgehead atoms. The van der Waals surface area contributed by atoms with Crippen LogP contribution < -0.4 is 0 Å². The van der Waals surface area contributed by atoms with Crippen molar-refractivity contribution in [2.75, 3.05) is 33.2 Å². The summed E-state index contributed by atoms with van der Waals surface area (Å²) in [6.45, 7) is 5.32. The van der Waals surface area contributed by atoms with Crippen LogP contribution in [-0.2, 0) is 6.54 Å². The molecular weight excluding hydrogens is 245 g/mol. The van der Waals surface area contributed by atoms with Crippen molar-refractivity contribution in [2.24, 2.45) is 0 Å². The summed E-state index contributed by atoms with van der Waals surface area (Å²) in [5.41, 5.74) is 1.13. The Morgan fingerprint density at radius 2 is 1.69 bits per heavy atom. The second-order valence-electron chi connectivity index (χ2n) is 4.20. The van der Waals surface area contributed by atoms with Gasteiger partial charge in [0.1, 0.15) is 10.3 Å². The molecular formula is C11H15Cl2N3. The monoisotopic (exact) mass is 259 g/mol. The van der Waals surface area contributed by atoms with Crippen LogP contribution in [0.2, 0.25) is 10.3 Å². The number of hydrogen-bond donors (Lipinski definition) is 0. The van der Waals surface area contributed by atoms with Gasteiger partial charge in [-0.15, -0.1) is 0 Å². The first-order valence-electron chi connectivity index (χ1n) is 5.36. The fourth-order valence-corrected chi connectivity index (χ4v) is 2.38. The van der Waals surface area contributed by atoms with Gasteiger partial charge in [-0.05, 0) is 24.7 Å². The molecule has 0 amide bonds. The maximum atomic E-state index is 5.87. The predicted octanol–water partition coefficient (Wildman–Crippen LogP) is 2.14. The predicted molar refractivity (Wildman–Crippen MR) is 67.0 cm³/mol. The molecule has 0 N–H and O–H groups in total. The van der Waals surface area contributed by atoms with Crippen molar-refractivity contribution in [3.05, 3.63) is 28.0 Å². The van der Waals surface area contributed by atoms with Crippen LogP contribution in [0, 0.1) is 0 Å². The van der Waals surface area contributed by atoms with E-state index in [1.165, 1.54) is 0 Å². The van der Waals surface area contributed by atoms with Gasteiger partial charge in [0.05, 0.1) is 0 Å². The molecule has 2 heterocycles. The Balaban J connectivity index is 1.98. The highest BCUT2D eigenvalue weighted by atomic mass is 35.5. The molecule has 0 aromatic carbocycles. The molecule has 1 fully saturated rings. The lowest BCUT2D eigenvalue weighted by Crippen LogP contribution is -2.43. The van der Waals surface area contributed by atoms with Gasteiger partial charge in [-0.1, -0.05) is 23.2 Å². The van der Waals surface area contributed by atoms with E-state index >= 15 is 0 Å². The van der Waals surface area contributed by atoms with Gasteiger partial charge in [-0.3, -0.25) is 4.90 Å². The minimum Gasteiger partial charge on any atom is -0.304 e. The largest absolute Gasteiger partial charge is 0.304 e. The average Bonchev–Trinajstić information content (AvgIpc) is 2.20. The molecule has 1 aromatic heterocycles. The van der Waals surface area contributed by atoms with E-state index in [4.69, 9.17) is 23.2 Å². The molecule has 1 aliphatic heterocycles. The Bertz CT molecular complexity index is 342. The van der Waals surface area contributed by atoms with Gasteiger partial charge in [0.2, 0.25) is 0 Å². The van der Waals surface area contributed by atoms with E-state index in [9.17, 15) is 0 Å². The van der Waals surface area contributed by atoms with E-state index in [1.54, 1.807) is 0 Å². The second-order valence-corrected chi connectivity index (χ2v) is 4.97. The maximum Gasteiger partial charge on any atom is 0.131 e. The Morgan fingerprint density at radius 1 is 1.12 bits per heavy atom. The molecule has 0 atom stereocenters. The summed E-state index contributed by atoms with van der Waals surface area (Å²) in [7, 11) is 2.15. The number of rotatable bonds is 2. The smallest absolute Gasteiger partial charge is 0.131 e. The number of pyridine rings is 1. The first-order valence-corrected chi connectivity index (χ1v) is 6.12. The van der Waals surface area contributed by atoms with Crippen LogP contribution in [0.5, 0.6) is 0 Å². The van der Waals surface area contributed by atoms with E-state index in [0.717, 1.165) is 38.3 Å². The maximum absolute atomic E-state index is 5.87. The summed E-state index contributed by atoms with van der Waals surface area (Å²) >= 11 is 11.7. The number of hydrogen-bond acceptors (Lipinski definition) is 3. The van der Waals surface area contributed by atoms with Crippen LogP contribution in [0.4, 0.5) is 0 Å². The standard InChI is InChI=1S/C11H15Cl2N3/c1-15-2-4-16(5-3-15)8-9-6-10(12)14-11(13)7-9/h6-7H,2-5,8H2,1H3. The van der Waals surface area contributed by atoms with Gasteiger partial charge >= 0.3 is 0 Å². The fraction of sp³-hybridized carbons (Fsp3) is 0.545. The number of likely N-dealkylation sites (N-methyl/N-ethyl adjacent to an activating group) is 1. The molecule has 0 unspecified atom stereocenters. The molecule has 3 nitrogen and oxygen atoms in total. The van der Waals surface area contributed by atoms with Crippen LogP contribution in [0.3, 0.4) is 0 Å². The zero-order chi connectivity index (χ0) is 11.5. The summed E-state index contributed by atoms with van der Waals surface area (Å²) < 4.78 is 0.